The fourth-order valence-electron chi connectivity index (χ4n) is 8.37. The van der Waals surface area contributed by atoms with Gasteiger partial charge in [0.2, 0.25) is 0 Å². The fourth-order valence-corrected chi connectivity index (χ4v) is 10.8. The first-order chi connectivity index (χ1) is 28.2. The number of nitrogens with zero attached hydrogens (tertiary/aromatic N) is 3. The second-order valence-electron chi connectivity index (χ2n) is 14.3. The third kappa shape index (κ3) is 5.15. The fraction of sp³-hybridized carbons (Fsp3) is 0. The number of fused-ring (bicyclic) bond motifs is 9. The first kappa shape index (κ1) is 32.3. The third-order valence-electron chi connectivity index (χ3n) is 10.9. The lowest BCUT2D eigenvalue weighted by Crippen LogP contribution is -2.00. The van der Waals surface area contributed by atoms with Crippen LogP contribution in [0.1, 0.15) is 0 Å². The van der Waals surface area contributed by atoms with E-state index in [1.54, 1.807) is 11.3 Å². The van der Waals surface area contributed by atoms with Crippen LogP contribution in [0.4, 0.5) is 0 Å². The third-order valence-corrected chi connectivity index (χ3v) is 13.4. The van der Waals surface area contributed by atoms with Gasteiger partial charge in [0.15, 0.2) is 17.5 Å². The van der Waals surface area contributed by atoms with Gasteiger partial charge >= 0.3 is 0 Å². The van der Waals surface area contributed by atoms with Crippen molar-refractivity contribution in [2.75, 3.05) is 0 Å². The average molecular weight is 764 g/mol. The lowest BCUT2D eigenvalue weighted by molar-refractivity contribution is 0.669. The van der Waals surface area contributed by atoms with Crippen molar-refractivity contribution in [1.82, 2.24) is 15.0 Å². The van der Waals surface area contributed by atoms with E-state index in [-0.39, 0.29) is 0 Å². The van der Waals surface area contributed by atoms with Crippen LogP contribution in [-0.4, -0.2) is 15.0 Å². The van der Waals surface area contributed by atoms with Gasteiger partial charge < -0.3 is 4.42 Å². The predicted octanol–water partition coefficient (Wildman–Crippen LogP) is 14.8. The van der Waals surface area contributed by atoms with Crippen molar-refractivity contribution < 1.29 is 4.42 Å². The van der Waals surface area contributed by atoms with Crippen molar-refractivity contribution >= 4 is 85.0 Å². The van der Waals surface area contributed by atoms with Gasteiger partial charge in [0.25, 0.3) is 0 Å². The lowest BCUT2D eigenvalue weighted by atomic mass is 9.92. The second-order valence-corrected chi connectivity index (χ2v) is 16.4. The average Bonchev–Trinajstić information content (AvgIpc) is 3.98. The van der Waals surface area contributed by atoms with Gasteiger partial charge in [-0.15, -0.1) is 22.7 Å². The topological polar surface area (TPSA) is 51.8 Å². The molecule has 0 atom stereocenters. The Bertz CT molecular complexity index is 3470. The minimum atomic E-state index is 0.651. The van der Waals surface area contributed by atoms with Gasteiger partial charge in [0.1, 0.15) is 11.2 Å². The maximum absolute atomic E-state index is 6.68. The summed E-state index contributed by atoms with van der Waals surface area (Å²) in [6.45, 7) is 0. The van der Waals surface area contributed by atoms with Gasteiger partial charge in [0.05, 0.1) is 0 Å². The molecular weight excluding hydrogens is 735 g/mol. The summed E-state index contributed by atoms with van der Waals surface area (Å²) in [4.78, 5) is 15.2. The van der Waals surface area contributed by atoms with Crippen LogP contribution >= 0.6 is 22.7 Å². The van der Waals surface area contributed by atoms with Gasteiger partial charge in [0, 0.05) is 73.4 Å². The quantitative estimate of drug-likeness (QED) is 0.175. The van der Waals surface area contributed by atoms with Gasteiger partial charge in [-0.1, -0.05) is 140 Å². The zero-order valence-corrected chi connectivity index (χ0v) is 31.9. The number of para-hydroxylation sites is 1. The van der Waals surface area contributed by atoms with Crippen molar-refractivity contribution in [1.29, 1.82) is 0 Å². The minimum Gasteiger partial charge on any atom is -0.456 e. The molecule has 0 saturated heterocycles. The smallest absolute Gasteiger partial charge is 0.165 e. The predicted molar refractivity (Wildman–Crippen MR) is 240 cm³/mol. The van der Waals surface area contributed by atoms with E-state index in [2.05, 4.69) is 133 Å². The van der Waals surface area contributed by atoms with E-state index in [4.69, 9.17) is 19.4 Å². The Hall–Kier alpha value is -6.99. The summed E-state index contributed by atoms with van der Waals surface area (Å²) in [5, 5.41) is 7.18. The molecule has 0 aliphatic carbocycles. The highest BCUT2D eigenvalue weighted by atomic mass is 32.1. The molecule has 4 heterocycles. The Morgan fingerprint density at radius 2 is 0.895 bits per heavy atom. The van der Waals surface area contributed by atoms with Gasteiger partial charge in [-0.25, -0.2) is 15.0 Å². The summed E-state index contributed by atoms with van der Waals surface area (Å²) < 4.78 is 11.6. The Kier molecular flexibility index (Phi) is 7.24. The van der Waals surface area contributed by atoms with E-state index >= 15 is 0 Å². The molecule has 4 nitrogen and oxygen atoms in total. The highest BCUT2D eigenvalue weighted by Crippen LogP contribution is 2.48. The van der Waals surface area contributed by atoms with Crippen LogP contribution in [0.3, 0.4) is 0 Å². The Morgan fingerprint density at radius 1 is 0.333 bits per heavy atom. The number of thiophene rings is 2. The summed E-state index contributed by atoms with van der Waals surface area (Å²) in [5.41, 5.74) is 9.32. The Morgan fingerprint density at radius 3 is 1.65 bits per heavy atom. The van der Waals surface area contributed by atoms with E-state index in [1.807, 2.05) is 53.8 Å². The Balaban J connectivity index is 1.12. The highest BCUT2D eigenvalue weighted by Gasteiger charge is 2.22. The van der Waals surface area contributed by atoms with Crippen molar-refractivity contribution in [3.8, 4) is 56.4 Å². The molecule has 266 valence electrons. The highest BCUT2D eigenvalue weighted by molar-refractivity contribution is 7.27. The molecule has 0 saturated carbocycles. The summed E-state index contributed by atoms with van der Waals surface area (Å²) in [5.74, 6) is 1.96. The number of hydrogen-bond acceptors (Lipinski definition) is 6. The zero-order chi connectivity index (χ0) is 37.5. The molecule has 0 N–H and O–H groups in total. The van der Waals surface area contributed by atoms with Gasteiger partial charge in [-0.2, -0.15) is 0 Å². The number of benzene rings is 8. The van der Waals surface area contributed by atoms with Crippen molar-refractivity contribution in [3.05, 3.63) is 176 Å². The molecule has 0 bridgehead atoms. The Labute approximate surface area is 335 Å². The van der Waals surface area contributed by atoms with Crippen molar-refractivity contribution in [3.63, 3.8) is 0 Å². The van der Waals surface area contributed by atoms with Crippen molar-refractivity contribution in [2.45, 2.75) is 0 Å². The zero-order valence-electron chi connectivity index (χ0n) is 30.3. The normalized spacial score (nSPS) is 11.9. The molecule has 6 heteroatoms. The van der Waals surface area contributed by atoms with E-state index < -0.39 is 0 Å². The molecule has 12 aromatic rings. The molecule has 0 unspecified atom stereocenters. The van der Waals surface area contributed by atoms with Crippen LogP contribution < -0.4 is 0 Å². The maximum Gasteiger partial charge on any atom is 0.165 e. The number of rotatable bonds is 5. The van der Waals surface area contributed by atoms with Crippen LogP contribution in [0.15, 0.2) is 180 Å². The van der Waals surface area contributed by atoms with E-state index in [9.17, 15) is 0 Å². The summed E-state index contributed by atoms with van der Waals surface area (Å²) in [6.07, 6.45) is 0. The van der Waals surface area contributed by atoms with Crippen LogP contribution in [0.25, 0.3) is 119 Å². The molecule has 8 aromatic carbocycles. The standard InChI is InChI=1S/C51H29N3OS2/c1-3-14-30(15-4-1)49-52-50(31-16-5-2-6-17-31)54-51(53-49)39-24-12-22-35-34-21-11-23-36(47(34)57-48(35)39)40-28-32(29-42-45(40)37-18-7-9-25-41(37)55-42)33-20-13-27-44-46(33)38-19-8-10-26-43(38)56-44/h1-29H. The van der Waals surface area contributed by atoms with Gasteiger partial charge in [-0.3, -0.25) is 0 Å². The number of aromatic nitrogens is 3. The molecule has 12 rings (SSSR count). The number of furan rings is 1. The molecular formula is C51H29N3OS2. The largest absolute Gasteiger partial charge is 0.456 e. The summed E-state index contributed by atoms with van der Waals surface area (Å²) in [7, 11) is 0. The van der Waals surface area contributed by atoms with E-state index in [1.165, 1.54) is 46.8 Å². The summed E-state index contributed by atoms with van der Waals surface area (Å²) >= 11 is 3.65. The molecule has 0 aliphatic heterocycles. The monoisotopic (exact) mass is 763 g/mol. The second kappa shape index (κ2) is 12.8. The number of hydrogen-bond donors (Lipinski definition) is 0. The van der Waals surface area contributed by atoms with Crippen LogP contribution in [0.5, 0.6) is 0 Å². The molecule has 0 spiro atoms. The molecule has 0 amide bonds. The van der Waals surface area contributed by atoms with Crippen molar-refractivity contribution in [2.24, 2.45) is 0 Å². The molecule has 57 heavy (non-hydrogen) atoms. The summed E-state index contributed by atoms with van der Waals surface area (Å²) in [6, 6.07) is 61.9. The first-order valence-electron chi connectivity index (χ1n) is 18.9. The minimum absolute atomic E-state index is 0.651. The molecule has 0 fully saturated rings. The SMILES string of the molecule is c1ccc(-c2nc(-c3ccccc3)nc(-c3cccc4c3sc3c(-c5cc(-c6cccc7sc8ccccc8c67)cc6oc7ccccc7c56)cccc34)n2)cc1. The molecule has 0 aliphatic rings. The molecule has 4 aromatic heterocycles. The first-order valence-corrected chi connectivity index (χ1v) is 20.6. The van der Waals surface area contributed by atoms with Gasteiger partial charge in [-0.05, 0) is 53.1 Å². The van der Waals surface area contributed by atoms with E-state index in [0.717, 1.165) is 54.5 Å². The maximum atomic E-state index is 6.68. The van der Waals surface area contributed by atoms with Crippen LogP contribution in [-0.2, 0) is 0 Å². The lowest BCUT2D eigenvalue weighted by Gasteiger charge is -2.11. The van der Waals surface area contributed by atoms with Crippen LogP contribution in [0, 0.1) is 0 Å². The molecule has 0 radical (unpaired) electrons. The van der Waals surface area contributed by atoms with Crippen LogP contribution in [0.2, 0.25) is 0 Å². The van der Waals surface area contributed by atoms with E-state index in [0.29, 0.717) is 17.5 Å².